The predicted molar refractivity (Wildman–Crippen MR) is 93.7 cm³/mol. The van der Waals surface area contributed by atoms with Gasteiger partial charge in [0.15, 0.2) is 11.5 Å². The minimum Gasteiger partial charge on any atom is -0.486 e. The van der Waals surface area contributed by atoms with Gasteiger partial charge in [0.2, 0.25) is 0 Å². The first-order valence-electron chi connectivity index (χ1n) is 7.77. The molecule has 6 heteroatoms. The highest BCUT2D eigenvalue weighted by Gasteiger charge is 2.26. The molecule has 5 nitrogen and oxygen atoms in total. The van der Waals surface area contributed by atoms with E-state index in [9.17, 15) is 8.42 Å². The molecule has 0 saturated carbocycles. The summed E-state index contributed by atoms with van der Waals surface area (Å²) in [6, 6.07) is 8.69. The van der Waals surface area contributed by atoms with E-state index in [-0.39, 0.29) is 4.90 Å². The summed E-state index contributed by atoms with van der Waals surface area (Å²) in [6.07, 6.45) is 0. The average Bonchev–Trinajstić information content (AvgIpc) is 2.53. The lowest BCUT2D eigenvalue weighted by Crippen LogP contribution is -2.28. The highest BCUT2D eigenvalue weighted by Crippen LogP contribution is 2.35. The lowest BCUT2D eigenvalue weighted by molar-refractivity contribution is 0.171. The summed E-state index contributed by atoms with van der Waals surface area (Å²) in [4.78, 5) is 0.189. The number of ether oxygens (including phenoxy) is 2. The van der Waals surface area contributed by atoms with E-state index in [1.807, 2.05) is 32.9 Å². The van der Waals surface area contributed by atoms with Gasteiger partial charge in [0, 0.05) is 13.1 Å². The Kier molecular flexibility index (Phi) is 4.17. The van der Waals surface area contributed by atoms with Gasteiger partial charge in [-0.05, 0) is 44.0 Å². The molecule has 0 N–H and O–H groups in total. The van der Waals surface area contributed by atoms with Crippen molar-refractivity contribution in [2.75, 3.05) is 24.6 Å². The summed E-state index contributed by atoms with van der Waals surface area (Å²) in [5, 5.41) is 0. The Morgan fingerprint density at radius 1 is 0.917 bits per heavy atom. The molecular formula is C18H21NO4S. The Hall–Kier alpha value is -2.21. The SMILES string of the molecule is Cc1cc(C)c(N(C)S(=O)(=O)c2ccc3c(c2)OCCO3)c(C)c1. The van der Waals surface area contributed by atoms with E-state index < -0.39 is 10.0 Å². The smallest absolute Gasteiger partial charge is 0.264 e. The number of fused-ring (bicyclic) bond motifs is 1. The minimum absolute atomic E-state index is 0.189. The quantitative estimate of drug-likeness (QED) is 0.855. The molecule has 0 aromatic heterocycles. The predicted octanol–water partition coefficient (Wildman–Crippen LogP) is 3.21. The molecule has 3 rings (SSSR count). The number of rotatable bonds is 3. The monoisotopic (exact) mass is 347 g/mol. The van der Waals surface area contributed by atoms with Gasteiger partial charge in [0.25, 0.3) is 10.0 Å². The van der Waals surface area contributed by atoms with Gasteiger partial charge in [-0.25, -0.2) is 8.42 Å². The van der Waals surface area contributed by atoms with Crippen molar-refractivity contribution < 1.29 is 17.9 Å². The number of benzene rings is 2. The summed E-state index contributed by atoms with van der Waals surface area (Å²) in [5.74, 6) is 1.04. The van der Waals surface area contributed by atoms with Crippen LogP contribution in [0.15, 0.2) is 35.2 Å². The van der Waals surface area contributed by atoms with Crippen LogP contribution in [-0.2, 0) is 10.0 Å². The molecular weight excluding hydrogens is 326 g/mol. The molecule has 2 aromatic carbocycles. The Balaban J connectivity index is 2.05. The third kappa shape index (κ3) is 2.82. The fourth-order valence-corrected chi connectivity index (χ4v) is 4.47. The van der Waals surface area contributed by atoms with Crippen molar-refractivity contribution in [3.8, 4) is 11.5 Å². The zero-order valence-corrected chi connectivity index (χ0v) is 15.1. The highest BCUT2D eigenvalue weighted by molar-refractivity contribution is 7.92. The largest absolute Gasteiger partial charge is 0.486 e. The number of nitrogens with zero attached hydrogens (tertiary/aromatic N) is 1. The average molecular weight is 347 g/mol. The maximum absolute atomic E-state index is 13.0. The van der Waals surface area contributed by atoms with Crippen molar-refractivity contribution in [3.05, 3.63) is 47.0 Å². The second kappa shape index (κ2) is 6.02. The van der Waals surface area contributed by atoms with Gasteiger partial charge in [0.05, 0.1) is 10.6 Å². The van der Waals surface area contributed by atoms with Crippen LogP contribution < -0.4 is 13.8 Å². The first kappa shape index (κ1) is 16.6. The molecule has 1 heterocycles. The summed E-state index contributed by atoms with van der Waals surface area (Å²) >= 11 is 0. The fourth-order valence-electron chi connectivity index (χ4n) is 3.13. The summed E-state index contributed by atoms with van der Waals surface area (Å²) in [5.41, 5.74) is 3.67. The van der Waals surface area contributed by atoms with Gasteiger partial charge < -0.3 is 9.47 Å². The fraction of sp³-hybridized carbons (Fsp3) is 0.333. The van der Waals surface area contributed by atoms with E-state index in [2.05, 4.69) is 0 Å². The molecule has 0 amide bonds. The van der Waals surface area contributed by atoms with Gasteiger partial charge >= 0.3 is 0 Å². The number of aryl methyl sites for hydroxylation is 3. The first-order valence-corrected chi connectivity index (χ1v) is 9.21. The van der Waals surface area contributed by atoms with Gasteiger partial charge in [-0.1, -0.05) is 17.7 Å². The van der Waals surface area contributed by atoms with E-state index in [4.69, 9.17) is 9.47 Å². The zero-order valence-electron chi connectivity index (χ0n) is 14.3. The van der Waals surface area contributed by atoms with Crippen LogP contribution in [0, 0.1) is 20.8 Å². The maximum atomic E-state index is 13.0. The van der Waals surface area contributed by atoms with Crippen LogP contribution in [-0.4, -0.2) is 28.7 Å². The van der Waals surface area contributed by atoms with Crippen LogP contribution in [0.2, 0.25) is 0 Å². The number of hydrogen-bond donors (Lipinski definition) is 0. The van der Waals surface area contributed by atoms with E-state index in [1.54, 1.807) is 19.2 Å². The molecule has 0 radical (unpaired) electrons. The van der Waals surface area contributed by atoms with E-state index in [0.717, 1.165) is 16.7 Å². The number of hydrogen-bond acceptors (Lipinski definition) is 4. The van der Waals surface area contributed by atoms with Gasteiger partial charge in [-0.3, -0.25) is 4.31 Å². The van der Waals surface area contributed by atoms with Crippen LogP contribution >= 0.6 is 0 Å². The van der Waals surface area contributed by atoms with Crippen molar-refractivity contribution in [1.82, 2.24) is 0 Å². The lowest BCUT2D eigenvalue weighted by atomic mass is 10.1. The second-order valence-corrected chi connectivity index (χ2v) is 7.99. The zero-order chi connectivity index (χ0) is 17.5. The molecule has 0 aliphatic carbocycles. The van der Waals surface area contributed by atoms with Crippen molar-refractivity contribution >= 4 is 15.7 Å². The van der Waals surface area contributed by atoms with Gasteiger partial charge in [-0.15, -0.1) is 0 Å². The third-order valence-corrected chi connectivity index (χ3v) is 5.88. The molecule has 2 aromatic rings. The highest BCUT2D eigenvalue weighted by atomic mass is 32.2. The standard InChI is InChI=1S/C18H21NO4S/c1-12-9-13(2)18(14(3)10-12)19(4)24(20,21)15-5-6-16-17(11-15)23-8-7-22-16/h5-6,9-11H,7-8H2,1-4H3. The van der Waals surface area contributed by atoms with Gasteiger partial charge in [-0.2, -0.15) is 0 Å². The van der Waals surface area contributed by atoms with E-state index in [0.29, 0.717) is 30.4 Å². The Morgan fingerprint density at radius 2 is 1.50 bits per heavy atom. The normalized spacial score (nSPS) is 13.7. The Labute approximate surface area is 142 Å². The molecule has 0 atom stereocenters. The summed E-state index contributed by atoms with van der Waals surface area (Å²) in [7, 11) is -2.11. The van der Waals surface area contributed by atoms with E-state index >= 15 is 0 Å². The van der Waals surface area contributed by atoms with Crippen LogP contribution in [0.5, 0.6) is 11.5 Å². The van der Waals surface area contributed by atoms with Crippen LogP contribution in [0.3, 0.4) is 0 Å². The number of anilines is 1. The molecule has 1 aliphatic rings. The molecule has 0 bridgehead atoms. The summed E-state index contributed by atoms with van der Waals surface area (Å²) < 4.78 is 38.4. The summed E-state index contributed by atoms with van der Waals surface area (Å²) in [6.45, 7) is 6.73. The van der Waals surface area contributed by atoms with Crippen LogP contribution in [0.1, 0.15) is 16.7 Å². The molecule has 0 spiro atoms. The Bertz CT molecular complexity index is 867. The minimum atomic E-state index is -3.69. The molecule has 0 fully saturated rings. The number of sulfonamides is 1. The van der Waals surface area contributed by atoms with Crippen LogP contribution in [0.25, 0.3) is 0 Å². The molecule has 24 heavy (non-hydrogen) atoms. The van der Waals surface area contributed by atoms with Gasteiger partial charge in [0.1, 0.15) is 13.2 Å². The molecule has 1 aliphatic heterocycles. The van der Waals surface area contributed by atoms with Crippen LogP contribution in [0.4, 0.5) is 5.69 Å². The van der Waals surface area contributed by atoms with Crippen molar-refractivity contribution in [2.45, 2.75) is 25.7 Å². The van der Waals surface area contributed by atoms with Crippen molar-refractivity contribution in [1.29, 1.82) is 0 Å². The molecule has 0 unspecified atom stereocenters. The third-order valence-electron chi connectivity index (χ3n) is 4.12. The topological polar surface area (TPSA) is 55.8 Å². The van der Waals surface area contributed by atoms with Crippen molar-refractivity contribution in [3.63, 3.8) is 0 Å². The molecule has 128 valence electrons. The lowest BCUT2D eigenvalue weighted by Gasteiger charge is -2.25. The maximum Gasteiger partial charge on any atom is 0.264 e. The van der Waals surface area contributed by atoms with Crippen molar-refractivity contribution in [2.24, 2.45) is 0 Å². The first-order chi connectivity index (χ1) is 11.3. The van der Waals surface area contributed by atoms with E-state index in [1.165, 1.54) is 10.4 Å². The second-order valence-electron chi connectivity index (χ2n) is 6.03. The Morgan fingerprint density at radius 3 is 2.12 bits per heavy atom. The molecule has 0 saturated heterocycles.